The molecule has 122 valence electrons. The van der Waals surface area contributed by atoms with E-state index in [1.165, 1.54) is 70.6 Å². The van der Waals surface area contributed by atoms with E-state index in [1.807, 2.05) is 0 Å². The number of nitriles is 1. The van der Waals surface area contributed by atoms with Gasteiger partial charge in [-0.3, -0.25) is 4.79 Å². The molecule has 0 aliphatic rings. The average Bonchev–Trinajstić information content (AvgIpc) is 2.48. The van der Waals surface area contributed by atoms with Gasteiger partial charge in [0.1, 0.15) is 6.42 Å². The minimum absolute atomic E-state index is 0.127. The summed E-state index contributed by atoms with van der Waals surface area (Å²) >= 11 is 0. The number of carbonyl (C=O) groups excluding carboxylic acids is 1. The number of esters is 1. The van der Waals surface area contributed by atoms with E-state index in [0.29, 0.717) is 6.61 Å². The Bertz CT molecular complexity index is 271. The Kier molecular flexibility index (Phi) is 16.2. The summed E-state index contributed by atoms with van der Waals surface area (Å²) in [5.74, 6) is -0.392. The van der Waals surface area contributed by atoms with Crippen molar-refractivity contribution >= 4 is 5.97 Å². The number of hydrogen-bond acceptors (Lipinski definition) is 3. The van der Waals surface area contributed by atoms with Gasteiger partial charge in [-0.05, 0) is 6.42 Å². The molecule has 0 rings (SSSR count). The minimum atomic E-state index is -0.392. The van der Waals surface area contributed by atoms with Crippen LogP contribution in [0.1, 0.15) is 96.8 Å². The summed E-state index contributed by atoms with van der Waals surface area (Å²) in [4.78, 5) is 10.9. The molecule has 0 spiro atoms. The third-order valence-corrected chi connectivity index (χ3v) is 3.73. The van der Waals surface area contributed by atoms with Crippen LogP contribution in [0.4, 0.5) is 0 Å². The van der Waals surface area contributed by atoms with Gasteiger partial charge < -0.3 is 4.74 Å². The lowest BCUT2D eigenvalue weighted by Crippen LogP contribution is -2.04. The summed E-state index contributed by atoms with van der Waals surface area (Å²) < 4.78 is 4.92. The first-order chi connectivity index (χ1) is 10.3. The molecule has 0 atom stereocenters. The van der Waals surface area contributed by atoms with Gasteiger partial charge in [-0.1, -0.05) is 84.0 Å². The van der Waals surface area contributed by atoms with E-state index >= 15 is 0 Å². The van der Waals surface area contributed by atoms with E-state index in [9.17, 15) is 4.79 Å². The first-order valence-corrected chi connectivity index (χ1v) is 8.83. The summed E-state index contributed by atoms with van der Waals surface area (Å²) in [7, 11) is 0. The number of unbranched alkanes of at least 4 members (excludes halogenated alkanes) is 12. The van der Waals surface area contributed by atoms with Crippen molar-refractivity contribution in [2.75, 3.05) is 6.61 Å². The van der Waals surface area contributed by atoms with Crippen LogP contribution in [0, 0.1) is 11.3 Å². The SMILES string of the molecule is CCCCCCCCCCCCCCCOC(=O)CC#N. The highest BCUT2D eigenvalue weighted by molar-refractivity contribution is 5.71. The summed E-state index contributed by atoms with van der Waals surface area (Å²) in [6.45, 7) is 2.73. The molecule has 3 nitrogen and oxygen atoms in total. The lowest BCUT2D eigenvalue weighted by atomic mass is 10.0. The van der Waals surface area contributed by atoms with Crippen molar-refractivity contribution in [3.8, 4) is 6.07 Å². The molecular formula is C18H33NO2. The first-order valence-electron chi connectivity index (χ1n) is 8.83. The zero-order valence-electron chi connectivity index (χ0n) is 13.9. The summed E-state index contributed by atoms with van der Waals surface area (Å²) in [6.07, 6.45) is 16.9. The molecular weight excluding hydrogens is 262 g/mol. The zero-order chi connectivity index (χ0) is 15.6. The van der Waals surface area contributed by atoms with Gasteiger partial charge in [-0.2, -0.15) is 5.26 Å². The smallest absolute Gasteiger partial charge is 0.320 e. The third kappa shape index (κ3) is 16.9. The number of nitrogens with zero attached hydrogens (tertiary/aromatic N) is 1. The molecule has 0 radical (unpaired) electrons. The van der Waals surface area contributed by atoms with Crippen molar-refractivity contribution in [2.24, 2.45) is 0 Å². The third-order valence-electron chi connectivity index (χ3n) is 3.73. The van der Waals surface area contributed by atoms with E-state index in [0.717, 1.165) is 12.8 Å². The predicted octanol–water partition coefficient (Wildman–Crippen LogP) is 5.53. The molecule has 0 N–H and O–H groups in total. The Morgan fingerprint density at radius 2 is 1.24 bits per heavy atom. The van der Waals surface area contributed by atoms with Crippen molar-refractivity contribution in [1.29, 1.82) is 5.26 Å². The van der Waals surface area contributed by atoms with Gasteiger partial charge in [0.15, 0.2) is 0 Å². The van der Waals surface area contributed by atoms with Crippen molar-refractivity contribution in [3.05, 3.63) is 0 Å². The molecule has 0 unspecified atom stereocenters. The molecule has 0 saturated heterocycles. The highest BCUT2D eigenvalue weighted by Gasteiger charge is 2.00. The molecule has 0 aliphatic heterocycles. The number of hydrogen-bond donors (Lipinski definition) is 0. The summed E-state index contributed by atoms with van der Waals surface area (Å²) in [5, 5.41) is 8.30. The van der Waals surface area contributed by atoms with Gasteiger partial charge in [0.05, 0.1) is 12.7 Å². The molecule has 0 fully saturated rings. The molecule has 0 aliphatic carbocycles. The molecule has 0 aromatic carbocycles. The van der Waals surface area contributed by atoms with Gasteiger partial charge >= 0.3 is 5.97 Å². The maximum absolute atomic E-state index is 10.9. The number of rotatable bonds is 15. The predicted molar refractivity (Wildman–Crippen MR) is 86.9 cm³/mol. The van der Waals surface area contributed by atoms with E-state index in [1.54, 1.807) is 6.07 Å². The maximum atomic E-state index is 10.9. The van der Waals surface area contributed by atoms with Crippen LogP contribution in [-0.2, 0) is 9.53 Å². The quantitative estimate of drug-likeness (QED) is 0.294. The van der Waals surface area contributed by atoms with Gasteiger partial charge in [0, 0.05) is 0 Å². The fourth-order valence-corrected chi connectivity index (χ4v) is 2.42. The van der Waals surface area contributed by atoms with Crippen LogP contribution in [-0.4, -0.2) is 12.6 Å². The second-order valence-electron chi connectivity index (χ2n) is 5.80. The Morgan fingerprint density at radius 1 is 0.810 bits per heavy atom. The lowest BCUT2D eigenvalue weighted by molar-refractivity contribution is -0.142. The average molecular weight is 295 g/mol. The van der Waals surface area contributed by atoms with E-state index in [2.05, 4.69) is 6.92 Å². The van der Waals surface area contributed by atoms with Gasteiger partial charge in [-0.25, -0.2) is 0 Å². The van der Waals surface area contributed by atoms with Crippen LogP contribution in [0.2, 0.25) is 0 Å². The molecule has 0 bridgehead atoms. The monoisotopic (exact) mass is 295 g/mol. The standard InChI is InChI=1S/C18H33NO2/c1-2-3-4-5-6-7-8-9-10-11-12-13-14-17-21-18(20)15-16-19/h2-15,17H2,1H3. The van der Waals surface area contributed by atoms with Gasteiger partial charge in [0.2, 0.25) is 0 Å². The fraction of sp³-hybridized carbons (Fsp3) is 0.889. The maximum Gasteiger partial charge on any atom is 0.320 e. The van der Waals surface area contributed by atoms with Crippen molar-refractivity contribution in [1.82, 2.24) is 0 Å². The van der Waals surface area contributed by atoms with Crippen molar-refractivity contribution < 1.29 is 9.53 Å². The highest BCUT2D eigenvalue weighted by Crippen LogP contribution is 2.12. The van der Waals surface area contributed by atoms with Crippen LogP contribution in [0.3, 0.4) is 0 Å². The van der Waals surface area contributed by atoms with Gasteiger partial charge in [-0.15, -0.1) is 0 Å². The second kappa shape index (κ2) is 17.0. The Hall–Kier alpha value is -1.04. The lowest BCUT2D eigenvalue weighted by Gasteiger charge is -2.04. The minimum Gasteiger partial charge on any atom is -0.465 e. The Balaban J connectivity index is 3.03. The van der Waals surface area contributed by atoms with E-state index in [4.69, 9.17) is 10.00 Å². The highest BCUT2D eigenvalue weighted by atomic mass is 16.5. The van der Waals surface area contributed by atoms with Crippen molar-refractivity contribution in [3.63, 3.8) is 0 Å². The topological polar surface area (TPSA) is 50.1 Å². The Morgan fingerprint density at radius 3 is 1.67 bits per heavy atom. The van der Waals surface area contributed by atoms with Crippen LogP contribution >= 0.6 is 0 Å². The van der Waals surface area contributed by atoms with Crippen LogP contribution in [0.15, 0.2) is 0 Å². The van der Waals surface area contributed by atoms with Crippen LogP contribution in [0.25, 0.3) is 0 Å². The Labute approximate surface area is 131 Å². The van der Waals surface area contributed by atoms with E-state index in [-0.39, 0.29) is 6.42 Å². The first kappa shape index (κ1) is 20.0. The molecule has 0 heterocycles. The molecule has 0 saturated carbocycles. The van der Waals surface area contributed by atoms with E-state index < -0.39 is 5.97 Å². The molecule has 0 aromatic rings. The molecule has 0 aromatic heterocycles. The fourth-order valence-electron chi connectivity index (χ4n) is 2.42. The molecule has 3 heteroatoms. The largest absolute Gasteiger partial charge is 0.465 e. The van der Waals surface area contributed by atoms with Crippen LogP contribution in [0.5, 0.6) is 0 Å². The number of carbonyl (C=O) groups is 1. The zero-order valence-corrected chi connectivity index (χ0v) is 13.9. The molecule has 0 amide bonds. The summed E-state index contributed by atoms with van der Waals surface area (Å²) in [5.41, 5.74) is 0. The van der Waals surface area contributed by atoms with Gasteiger partial charge in [0.25, 0.3) is 0 Å². The normalized spacial score (nSPS) is 10.3. The van der Waals surface area contributed by atoms with Crippen LogP contribution < -0.4 is 0 Å². The van der Waals surface area contributed by atoms with Crippen molar-refractivity contribution in [2.45, 2.75) is 96.8 Å². The summed E-state index contributed by atoms with van der Waals surface area (Å²) in [6, 6.07) is 1.79. The molecule has 21 heavy (non-hydrogen) atoms. The second-order valence-corrected chi connectivity index (χ2v) is 5.80. The number of ether oxygens (including phenoxy) is 1.